The molecule has 1 fully saturated rings. The molecule has 3 N–H and O–H groups in total. The summed E-state index contributed by atoms with van der Waals surface area (Å²) in [7, 11) is 0. The monoisotopic (exact) mass is 470 g/mol. The van der Waals surface area contributed by atoms with Crippen LogP contribution in [0.1, 0.15) is 17.0 Å². The van der Waals surface area contributed by atoms with Gasteiger partial charge in [-0.1, -0.05) is 0 Å². The van der Waals surface area contributed by atoms with E-state index in [1.807, 2.05) is 12.1 Å². The number of nitrogens with zero attached hydrogens (tertiary/aromatic N) is 1. The van der Waals surface area contributed by atoms with E-state index in [4.69, 9.17) is 14.2 Å². The number of pyridine rings is 1. The molecule has 2 aliphatic heterocycles. The predicted octanol–water partition coefficient (Wildman–Crippen LogP) is 4.24. The maximum atomic E-state index is 13.8. The van der Waals surface area contributed by atoms with Gasteiger partial charge in [-0.25, -0.2) is 22.9 Å². The highest BCUT2D eigenvalue weighted by atomic mass is 19.2. The first-order valence-electron chi connectivity index (χ1n) is 10.5. The average molecular weight is 470 g/mol. The summed E-state index contributed by atoms with van der Waals surface area (Å²) in [5.41, 5.74) is 1.47. The van der Waals surface area contributed by atoms with E-state index in [1.54, 1.807) is 12.1 Å². The normalized spacial score (nSPS) is 21.4. The third kappa shape index (κ3) is 3.54. The average Bonchev–Trinajstić information content (AvgIpc) is 3.35. The summed E-state index contributed by atoms with van der Waals surface area (Å²) in [5, 5.41) is 8.46. The van der Waals surface area contributed by atoms with E-state index in [0.717, 1.165) is 17.4 Å². The Hall–Kier alpha value is -3.99. The highest BCUT2D eigenvalue weighted by Gasteiger charge is 2.58. The zero-order valence-corrected chi connectivity index (χ0v) is 17.4. The number of fused-ring (bicyclic) bond motifs is 4. The standard InChI is InChI=1S/C23H17F3N4O4/c24-13-6-15(26)16(7-14(13)25)28-9-29-20-19-11-5-10(1-2-17(11)34-21(19)20)33-18-3-4-27-22-12(18)8-32-23(31)30-22/h1-7,19-21,28-29H,8-9H2,(H,27,30,31)/t19-,20-,21-/m0/s1. The van der Waals surface area contributed by atoms with Gasteiger partial charge in [0.2, 0.25) is 0 Å². The molecule has 8 nitrogen and oxygen atoms in total. The van der Waals surface area contributed by atoms with Gasteiger partial charge in [0.1, 0.15) is 41.6 Å². The number of hydrogen-bond donors (Lipinski definition) is 3. The molecule has 1 aromatic heterocycles. The van der Waals surface area contributed by atoms with Gasteiger partial charge in [0, 0.05) is 29.8 Å². The summed E-state index contributed by atoms with van der Waals surface area (Å²) in [5.74, 6) is -0.902. The van der Waals surface area contributed by atoms with E-state index in [1.165, 1.54) is 6.20 Å². The van der Waals surface area contributed by atoms with Crippen molar-refractivity contribution < 1.29 is 32.2 Å². The largest absolute Gasteiger partial charge is 0.488 e. The molecular formula is C23H17F3N4O4. The van der Waals surface area contributed by atoms with Crippen LogP contribution in [-0.4, -0.2) is 29.9 Å². The Morgan fingerprint density at radius 3 is 2.85 bits per heavy atom. The fraction of sp³-hybridized carbons (Fsp3) is 0.217. The molecule has 0 bridgehead atoms. The zero-order chi connectivity index (χ0) is 23.4. The maximum absolute atomic E-state index is 13.8. The van der Waals surface area contributed by atoms with Gasteiger partial charge in [0.05, 0.1) is 24.0 Å². The van der Waals surface area contributed by atoms with Crippen LogP contribution in [0.25, 0.3) is 0 Å². The summed E-state index contributed by atoms with van der Waals surface area (Å²) < 4.78 is 57.2. The highest BCUT2D eigenvalue weighted by Crippen LogP contribution is 2.54. The Bertz CT molecular complexity index is 1320. The number of rotatable bonds is 6. The summed E-state index contributed by atoms with van der Waals surface area (Å²) >= 11 is 0. The van der Waals surface area contributed by atoms with E-state index in [0.29, 0.717) is 28.9 Å². The van der Waals surface area contributed by atoms with Gasteiger partial charge < -0.3 is 19.5 Å². The fourth-order valence-electron chi connectivity index (χ4n) is 4.28. The third-order valence-electron chi connectivity index (χ3n) is 5.99. The molecule has 34 heavy (non-hydrogen) atoms. The van der Waals surface area contributed by atoms with E-state index in [-0.39, 0.29) is 37.0 Å². The van der Waals surface area contributed by atoms with Crippen molar-refractivity contribution in [2.45, 2.75) is 24.7 Å². The van der Waals surface area contributed by atoms with Crippen LogP contribution in [0.4, 0.5) is 29.5 Å². The number of aromatic nitrogens is 1. The Balaban J connectivity index is 1.12. The van der Waals surface area contributed by atoms with Gasteiger partial charge >= 0.3 is 6.09 Å². The SMILES string of the molecule is O=C1Nc2nccc(Oc3ccc4c(c3)[C@H]3[C@H](NCNc5cc(F)c(F)cc5F)[C@H]3O4)c2CO1. The van der Waals surface area contributed by atoms with Gasteiger partial charge in [-0.2, -0.15) is 0 Å². The number of hydrogen-bond acceptors (Lipinski definition) is 7. The van der Waals surface area contributed by atoms with E-state index >= 15 is 0 Å². The van der Waals surface area contributed by atoms with Crippen molar-refractivity contribution in [2.24, 2.45) is 0 Å². The fourth-order valence-corrected chi connectivity index (χ4v) is 4.28. The van der Waals surface area contributed by atoms with Crippen molar-refractivity contribution in [3.05, 3.63) is 71.2 Å². The molecule has 1 saturated carbocycles. The molecule has 3 aromatic rings. The van der Waals surface area contributed by atoms with Crippen LogP contribution in [0, 0.1) is 17.5 Å². The second-order valence-electron chi connectivity index (χ2n) is 8.08. The smallest absolute Gasteiger partial charge is 0.413 e. The lowest BCUT2D eigenvalue weighted by Crippen LogP contribution is -2.29. The molecule has 0 radical (unpaired) electrons. The van der Waals surface area contributed by atoms with E-state index in [9.17, 15) is 18.0 Å². The molecule has 1 amide bonds. The number of ether oxygens (including phenoxy) is 3. The van der Waals surface area contributed by atoms with Crippen molar-refractivity contribution in [2.75, 3.05) is 17.3 Å². The molecule has 0 saturated heterocycles. The molecule has 0 spiro atoms. The highest BCUT2D eigenvalue weighted by molar-refractivity contribution is 5.86. The van der Waals surface area contributed by atoms with Crippen molar-refractivity contribution in [1.29, 1.82) is 0 Å². The lowest BCUT2D eigenvalue weighted by Gasteiger charge is -2.19. The van der Waals surface area contributed by atoms with Crippen molar-refractivity contribution in [3.63, 3.8) is 0 Å². The van der Waals surface area contributed by atoms with Crippen LogP contribution in [0.3, 0.4) is 0 Å². The number of halogens is 3. The zero-order valence-electron chi connectivity index (χ0n) is 17.4. The van der Waals surface area contributed by atoms with E-state index in [2.05, 4.69) is 20.9 Å². The number of anilines is 2. The van der Waals surface area contributed by atoms with Crippen molar-refractivity contribution >= 4 is 17.6 Å². The molecule has 6 rings (SSSR count). The molecular weight excluding hydrogens is 453 g/mol. The number of carbonyl (C=O) groups excluding carboxylic acids is 1. The van der Waals surface area contributed by atoms with Crippen LogP contribution in [0.5, 0.6) is 17.2 Å². The summed E-state index contributed by atoms with van der Waals surface area (Å²) in [4.78, 5) is 15.5. The Morgan fingerprint density at radius 1 is 1.12 bits per heavy atom. The second-order valence-corrected chi connectivity index (χ2v) is 8.08. The lowest BCUT2D eigenvalue weighted by molar-refractivity contribution is 0.150. The van der Waals surface area contributed by atoms with Crippen LogP contribution < -0.4 is 25.4 Å². The van der Waals surface area contributed by atoms with Crippen molar-refractivity contribution in [3.8, 4) is 17.2 Å². The van der Waals surface area contributed by atoms with Crippen LogP contribution in [-0.2, 0) is 11.3 Å². The number of carbonyl (C=O) groups is 1. The second kappa shape index (κ2) is 7.80. The summed E-state index contributed by atoms with van der Waals surface area (Å²) in [6, 6.07) is 8.45. The quantitative estimate of drug-likeness (QED) is 0.367. The van der Waals surface area contributed by atoms with Crippen LogP contribution in [0.2, 0.25) is 0 Å². The van der Waals surface area contributed by atoms with Gasteiger partial charge in [-0.15, -0.1) is 0 Å². The molecule has 3 heterocycles. The molecule has 3 atom stereocenters. The minimum Gasteiger partial charge on any atom is -0.488 e. The molecule has 2 aromatic carbocycles. The molecule has 11 heteroatoms. The topological polar surface area (TPSA) is 93.7 Å². The van der Waals surface area contributed by atoms with Crippen LogP contribution in [0.15, 0.2) is 42.6 Å². The predicted molar refractivity (Wildman–Crippen MR) is 113 cm³/mol. The number of nitrogens with one attached hydrogen (secondary N) is 3. The first kappa shape index (κ1) is 20.6. The van der Waals surface area contributed by atoms with Crippen LogP contribution >= 0.6 is 0 Å². The number of benzene rings is 2. The number of amides is 1. The minimum absolute atomic E-state index is 0.0269. The minimum atomic E-state index is -1.24. The molecule has 0 unspecified atom stereocenters. The van der Waals surface area contributed by atoms with Crippen molar-refractivity contribution in [1.82, 2.24) is 10.3 Å². The Labute approximate surface area is 191 Å². The van der Waals surface area contributed by atoms with Gasteiger partial charge in [-0.05, 0) is 24.3 Å². The van der Waals surface area contributed by atoms with Gasteiger partial charge in [-0.3, -0.25) is 10.6 Å². The number of cyclic esters (lactones) is 1. The first-order chi connectivity index (χ1) is 16.5. The molecule has 3 aliphatic rings. The maximum Gasteiger partial charge on any atom is 0.413 e. The molecule has 1 aliphatic carbocycles. The first-order valence-corrected chi connectivity index (χ1v) is 10.5. The van der Waals surface area contributed by atoms with Gasteiger partial charge in [0.25, 0.3) is 0 Å². The Kier molecular flexibility index (Phi) is 4.73. The summed E-state index contributed by atoms with van der Waals surface area (Å²) in [6.45, 7) is 0.198. The van der Waals surface area contributed by atoms with Gasteiger partial charge in [0.15, 0.2) is 11.6 Å². The molecule has 174 valence electrons. The third-order valence-corrected chi connectivity index (χ3v) is 5.99. The lowest BCUT2D eigenvalue weighted by atomic mass is 10.1. The Morgan fingerprint density at radius 2 is 1.97 bits per heavy atom. The summed E-state index contributed by atoms with van der Waals surface area (Å²) in [6.07, 6.45) is 0.890. The van der Waals surface area contributed by atoms with E-state index < -0.39 is 23.5 Å².